The summed E-state index contributed by atoms with van der Waals surface area (Å²) >= 11 is 6.46. The Morgan fingerprint density at radius 2 is 1.77 bits per heavy atom. The molecule has 7 heteroatoms. The molecule has 172 valence electrons. The number of urea groups is 1. The van der Waals surface area contributed by atoms with Crippen LogP contribution in [0.25, 0.3) is 0 Å². The number of unbranched alkanes of at least 4 members (excludes halogenated alkanes) is 6. The summed E-state index contributed by atoms with van der Waals surface area (Å²) in [5, 5.41) is 5.99. The molecule has 1 unspecified atom stereocenters. The van der Waals surface area contributed by atoms with E-state index in [-0.39, 0.29) is 6.03 Å². The topological polar surface area (TPSA) is 76.7 Å². The zero-order chi connectivity index (χ0) is 22.6. The van der Waals surface area contributed by atoms with Gasteiger partial charge in [-0.25, -0.2) is 9.59 Å². The number of allylic oxidation sites excluding steroid dienone is 1. The van der Waals surface area contributed by atoms with E-state index in [1.54, 1.807) is 12.1 Å². The van der Waals surface area contributed by atoms with Gasteiger partial charge in [0, 0.05) is 5.70 Å². The van der Waals surface area contributed by atoms with Crippen LogP contribution in [0, 0.1) is 0 Å². The maximum absolute atomic E-state index is 12.5. The molecule has 1 aromatic carbocycles. The van der Waals surface area contributed by atoms with Gasteiger partial charge in [-0.15, -0.1) is 0 Å². The third-order valence-electron chi connectivity index (χ3n) is 5.35. The Morgan fingerprint density at radius 3 is 2.42 bits per heavy atom. The standard InChI is InChI=1S/C24H35ClN2O4/c1-4-6-7-8-9-10-11-15-31-20-14-13-17(16-18(20)25)22-21(23(28)30-3)19(12-5-2)26-24(29)27-22/h13-14,16,22H,4-12,15H2,1-3H3,(H2,26,27,29). The highest BCUT2D eigenvalue weighted by Gasteiger charge is 2.33. The summed E-state index contributed by atoms with van der Waals surface area (Å²) in [6.07, 6.45) is 9.88. The van der Waals surface area contributed by atoms with Crippen molar-refractivity contribution in [2.24, 2.45) is 0 Å². The molecular weight excluding hydrogens is 416 g/mol. The summed E-state index contributed by atoms with van der Waals surface area (Å²) in [7, 11) is 1.33. The van der Waals surface area contributed by atoms with E-state index in [1.165, 1.54) is 39.2 Å². The van der Waals surface area contributed by atoms with E-state index < -0.39 is 12.0 Å². The van der Waals surface area contributed by atoms with Crippen molar-refractivity contribution in [3.8, 4) is 5.75 Å². The predicted molar refractivity (Wildman–Crippen MR) is 123 cm³/mol. The summed E-state index contributed by atoms with van der Waals surface area (Å²) in [6.45, 7) is 4.82. The molecule has 0 fully saturated rings. The van der Waals surface area contributed by atoms with E-state index in [2.05, 4.69) is 17.6 Å². The number of rotatable bonds is 13. The average molecular weight is 451 g/mol. The Balaban J connectivity index is 2.04. The van der Waals surface area contributed by atoms with Crippen molar-refractivity contribution in [2.75, 3.05) is 13.7 Å². The van der Waals surface area contributed by atoms with Crippen molar-refractivity contribution < 1.29 is 19.1 Å². The third-order valence-corrected chi connectivity index (χ3v) is 5.65. The first-order valence-corrected chi connectivity index (χ1v) is 11.7. The quantitative estimate of drug-likeness (QED) is 0.283. The van der Waals surface area contributed by atoms with Gasteiger partial charge in [0.15, 0.2) is 0 Å². The SMILES string of the molecule is CCCCCCCCCOc1ccc(C2NC(=O)NC(CCC)=C2C(=O)OC)cc1Cl. The second-order valence-electron chi connectivity index (χ2n) is 7.82. The lowest BCUT2D eigenvalue weighted by atomic mass is 9.94. The van der Waals surface area contributed by atoms with Gasteiger partial charge in [0.1, 0.15) is 5.75 Å². The maximum atomic E-state index is 12.5. The van der Waals surface area contributed by atoms with Crippen molar-refractivity contribution in [3.05, 3.63) is 40.1 Å². The van der Waals surface area contributed by atoms with Crippen LogP contribution in [-0.2, 0) is 9.53 Å². The monoisotopic (exact) mass is 450 g/mol. The van der Waals surface area contributed by atoms with E-state index in [0.717, 1.165) is 19.3 Å². The first-order chi connectivity index (χ1) is 15.0. The third kappa shape index (κ3) is 7.46. The second-order valence-corrected chi connectivity index (χ2v) is 8.23. The summed E-state index contributed by atoms with van der Waals surface area (Å²) in [6, 6.07) is 4.38. The molecule has 0 radical (unpaired) electrons. The van der Waals surface area contributed by atoms with Crippen molar-refractivity contribution in [3.63, 3.8) is 0 Å². The summed E-state index contributed by atoms with van der Waals surface area (Å²) < 4.78 is 10.8. The van der Waals surface area contributed by atoms with Gasteiger partial charge in [-0.1, -0.05) is 76.5 Å². The molecule has 1 aromatic rings. The molecule has 0 spiro atoms. The fraction of sp³-hybridized carbons (Fsp3) is 0.583. The molecule has 2 N–H and O–H groups in total. The molecule has 1 aliphatic heterocycles. The van der Waals surface area contributed by atoms with Crippen LogP contribution in [0.3, 0.4) is 0 Å². The number of hydrogen-bond donors (Lipinski definition) is 2. The number of halogens is 1. The number of nitrogens with one attached hydrogen (secondary N) is 2. The van der Waals surface area contributed by atoms with Gasteiger partial charge >= 0.3 is 12.0 Å². The van der Waals surface area contributed by atoms with E-state index in [0.29, 0.717) is 40.6 Å². The van der Waals surface area contributed by atoms with Crippen molar-refractivity contribution in [1.82, 2.24) is 10.6 Å². The first kappa shape index (κ1) is 25.1. The molecule has 2 rings (SSSR count). The fourth-order valence-corrected chi connectivity index (χ4v) is 3.96. The zero-order valence-electron chi connectivity index (χ0n) is 18.9. The lowest BCUT2D eigenvalue weighted by molar-refractivity contribution is -0.136. The van der Waals surface area contributed by atoms with Crippen LogP contribution in [0.2, 0.25) is 5.02 Å². The molecule has 1 aliphatic rings. The highest BCUT2D eigenvalue weighted by molar-refractivity contribution is 6.32. The van der Waals surface area contributed by atoms with Crippen molar-refractivity contribution in [2.45, 2.75) is 77.7 Å². The van der Waals surface area contributed by atoms with E-state index in [4.69, 9.17) is 21.1 Å². The van der Waals surface area contributed by atoms with Gasteiger partial charge in [-0.2, -0.15) is 0 Å². The molecule has 31 heavy (non-hydrogen) atoms. The van der Waals surface area contributed by atoms with Crippen LogP contribution >= 0.6 is 11.6 Å². The van der Waals surface area contributed by atoms with E-state index in [1.807, 2.05) is 13.0 Å². The smallest absolute Gasteiger partial charge is 0.337 e. The summed E-state index contributed by atoms with van der Waals surface area (Å²) in [5.74, 6) is 0.130. The maximum Gasteiger partial charge on any atom is 0.337 e. The number of methoxy groups -OCH3 is 1. The number of hydrogen-bond acceptors (Lipinski definition) is 4. The molecular formula is C24H35ClN2O4. The largest absolute Gasteiger partial charge is 0.492 e. The van der Waals surface area contributed by atoms with E-state index >= 15 is 0 Å². The number of carbonyl (C=O) groups is 2. The molecule has 0 aromatic heterocycles. The number of carbonyl (C=O) groups excluding carboxylic acids is 2. The Labute approximate surface area is 190 Å². The zero-order valence-corrected chi connectivity index (χ0v) is 19.6. The molecule has 0 saturated heterocycles. The Morgan fingerprint density at radius 1 is 1.06 bits per heavy atom. The van der Waals surface area contributed by atoms with Crippen LogP contribution in [0.1, 0.15) is 83.2 Å². The molecule has 6 nitrogen and oxygen atoms in total. The summed E-state index contributed by atoms with van der Waals surface area (Å²) in [5.41, 5.74) is 1.69. The van der Waals surface area contributed by atoms with Crippen LogP contribution in [0.4, 0.5) is 4.79 Å². The van der Waals surface area contributed by atoms with Crippen molar-refractivity contribution >= 4 is 23.6 Å². The van der Waals surface area contributed by atoms with Gasteiger partial charge < -0.3 is 20.1 Å². The molecule has 0 aliphatic carbocycles. The average Bonchev–Trinajstić information content (AvgIpc) is 2.75. The Kier molecular flexibility index (Phi) is 10.7. The van der Waals surface area contributed by atoms with Crippen LogP contribution in [0.5, 0.6) is 5.75 Å². The molecule has 0 saturated carbocycles. The Bertz CT molecular complexity index is 779. The van der Waals surface area contributed by atoms with Crippen LogP contribution < -0.4 is 15.4 Å². The number of benzene rings is 1. The van der Waals surface area contributed by atoms with Crippen LogP contribution in [0.15, 0.2) is 29.5 Å². The highest BCUT2D eigenvalue weighted by atomic mass is 35.5. The first-order valence-electron chi connectivity index (χ1n) is 11.3. The van der Waals surface area contributed by atoms with Gasteiger partial charge in [0.25, 0.3) is 0 Å². The molecule has 2 amide bonds. The van der Waals surface area contributed by atoms with Gasteiger partial charge in [-0.3, -0.25) is 0 Å². The Hall–Kier alpha value is -2.21. The molecule has 1 atom stereocenters. The number of amides is 2. The van der Waals surface area contributed by atoms with Gasteiger partial charge in [0.05, 0.1) is 30.4 Å². The van der Waals surface area contributed by atoms with Gasteiger partial charge in [0.2, 0.25) is 0 Å². The predicted octanol–water partition coefficient (Wildman–Crippen LogP) is 6.05. The second kappa shape index (κ2) is 13.3. The number of esters is 1. The molecule has 0 bridgehead atoms. The van der Waals surface area contributed by atoms with Gasteiger partial charge in [-0.05, 0) is 30.5 Å². The lowest BCUT2D eigenvalue weighted by Crippen LogP contribution is -2.45. The minimum atomic E-state index is -0.627. The summed E-state index contributed by atoms with van der Waals surface area (Å²) in [4.78, 5) is 24.6. The minimum Gasteiger partial charge on any atom is -0.492 e. The fourth-order valence-electron chi connectivity index (χ4n) is 3.72. The van der Waals surface area contributed by atoms with Crippen LogP contribution in [-0.4, -0.2) is 25.7 Å². The normalized spacial score (nSPS) is 16.0. The molecule has 1 heterocycles. The highest BCUT2D eigenvalue weighted by Crippen LogP contribution is 2.34. The minimum absolute atomic E-state index is 0.350. The van der Waals surface area contributed by atoms with E-state index in [9.17, 15) is 9.59 Å². The number of ether oxygens (including phenoxy) is 2. The van der Waals surface area contributed by atoms with Crippen molar-refractivity contribution in [1.29, 1.82) is 0 Å². The lowest BCUT2D eigenvalue weighted by Gasteiger charge is -2.29.